The van der Waals surface area contributed by atoms with Gasteiger partial charge in [0.15, 0.2) is 0 Å². The second kappa shape index (κ2) is 4.43. The number of hydrogen-bond donors (Lipinski definition) is 1. The minimum Gasteiger partial charge on any atom is -0.481 e. The van der Waals surface area contributed by atoms with E-state index in [2.05, 4.69) is 4.57 Å². The standard InChI is InChI=1S/C14H13Cl2NO2/c1-17-12-3-2-7(14(18)19)4-8(12)9-5-10(15)11(16)6-13(9)17/h5-7H,2-4H2,1H3,(H,18,19). The van der Waals surface area contributed by atoms with Crippen molar-refractivity contribution in [3.05, 3.63) is 33.4 Å². The first-order valence-electron chi connectivity index (χ1n) is 6.17. The number of aliphatic carboxylic acids is 1. The van der Waals surface area contributed by atoms with E-state index in [1.807, 2.05) is 19.2 Å². The molecule has 0 saturated carbocycles. The third-order valence-electron chi connectivity index (χ3n) is 4.01. The van der Waals surface area contributed by atoms with Crippen molar-refractivity contribution in [2.75, 3.05) is 0 Å². The van der Waals surface area contributed by atoms with Crippen LogP contribution in [0.2, 0.25) is 10.0 Å². The van der Waals surface area contributed by atoms with Gasteiger partial charge < -0.3 is 9.67 Å². The van der Waals surface area contributed by atoms with Crippen molar-refractivity contribution in [1.29, 1.82) is 0 Å². The summed E-state index contributed by atoms with van der Waals surface area (Å²) in [5.74, 6) is -1.02. The van der Waals surface area contributed by atoms with Crippen LogP contribution in [0.25, 0.3) is 10.9 Å². The van der Waals surface area contributed by atoms with Crippen LogP contribution in [-0.4, -0.2) is 15.6 Å². The summed E-state index contributed by atoms with van der Waals surface area (Å²) in [6, 6.07) is 3.70. The minimum absolute atomic E-state index is 0.299. The quantitative estimate of drug-likeness (QED) is 0.872. The number of nitrogens with zero attached hydrogens (tertiary/aromatic N) is 1. The van der Waals surface area contributed by atoms with Crippen LogP contribution in [0.1, 0.15) is 17.7 Å². The van der Waals surface area contributed by atoms with Crippen molar-refractivity contribution in [3.8, 4) is 0 Å². The van der Waals surface area contributed by atoms with E-state index in [0.29, 0.717) is 22.9 Å². The van der Waals surface area contributed by atoms with Gasteiger partial charge in [-0.1, -0.05) is 23.2 Å². The summed E-state index contributed by atoms with van der Waals surface area (Å²) in [6.07, 6.45) is 2.04. The number of aryl methyl sites for hydroxylation is 1. The molecule has 19 heavy (non-hydrogen) atoms. The molecule has 1 aliphatic carbocycles. The molecule has 0 bridgehead atoms. The van der Waals surface area contributed by atoms with Gasteiger partial charge in [-0.05, 0) is 37.0 Å². The highest BCUT2D eigenvalue weighted by Crippen LogP contribution is 2.37. The molecule has 1 aromatic carbocycles. The number of fused-ring (bicyclic) bond motifs is 3. The predicted molar refractivity (Wildman–Crippen MR) is 76.1 cm³/mol. The number of aromatic nitrogens is 1. The fourth-order valence-corrected chi connectivity index (χ4v) is 3.30. The van der Waals surface area contributed by atoms with Crippen LogP contribution in [-0.2, 0) is 24.7 Å². The SMILES string of the molecule is Cn1c2c(c3cc(Cl)c(Cl)cc31)CC(C(=O)O)CC2. The van der Waals surface area contributed by atoms with E-state index < -0.39 is 5.97 Å². The van der Waals surface area contributed by atoms with Crippen LogP contribution in [0, 0.1) is 5.92 Å². The lowest BCUT2D eigenvalue weighted by molar-refractivity contribution is -0.142. The molecule has 1 atom stereocenters. The first kappa shape index (κ1) is 12.8. The highest BCUT2D eigenvalue weighted by molar-refractivity contribution is 6.42. The Kier molecular flexibility index (Phi) is 2.99. The number of benzene rings is 1. The Bertz CT molecular complexity index is 691. The summed E-state index contributed by atoms with van der Waals surface area (Å²) in [7, 11) is 1.99. The molecule has 0 aliphatic heterocycles. The molecular formula is C14H13Cl2NO2. The maximum Gasteiger partial charge on any atom is 0.306 e. The molecule has 100 valence electrons. The normalized spacial score (nSPS) is 18.6. The van der Waals surface area contributed by atoms with Gasteiger partial charge >= 0.3 is 5.97 Å². The number of rotatable bonds is 1. The molecule has 0 saturated heterocycles. The molecule has 0 spiro atoms. The second-order valence-corrected chi connectivity index (χ2v) is 5.86. The molecule has 2 aromatic rings. The number of carboxylic acids is 1. The monoisotopic (exact) mass is 297 g/mol. The molecule has 0 amide bonds. The number of carboxylic acid groups (broad SMARTS) is 1. The van der Waals surface area contributed by atoms with Gasteiger partial charge in [0.1, 0.15) is 0 Å². The molecule has 1 unspecified atom stereocenters. The first-order valence-corrected chi connectivity index (χ1v) is 6.92. The molecule has 3 rings (SSSR count). The van der Waals surface area contributed by atoms with Gasteiger partial charge in [-0.2, -0.15) is 0 Å². The third-order valence-corrected chi connectivity index (χ3v) is 4.73. The third kappa shape index (κ3) is 1.92. The van der Waals surface area contributed by atoms with Gasteiger partial charge in [-0.25, -0.2) is 0 Å². The summed E-state index contributed by atoms with van der Waals surface area (Å²) < 4.78 is 2.10. The number of halogens is 2. The molecule has 3 nitrogen and oxygen atoms in total. The van der Waals surface area contributed by atoms with Crippen molar-refractivity contribution in [2.24, 2.45) is 13.0 Å². The summed E-state index contributed by atoms with van der Waals surface area (Å²) in [6.45, 7) is 0. The Hall–Kier alpha value is -1.19. The highest BCUT2D eigenvalue weighted by atomic mass is 35.5. The topological polar surface area (TPSA) is 42.2 Å². The van der Waals surface area contributed by atoms with Crippen molar-refractivity contribution < 1.29 is 9.90 Å². The smallest absolute Gasteiger partial charge is 0.306 e. The zero-order chi connectivity index (χ0) is 13.7. The average molecular weight is 298 g/mol. The van der Waals surface area contributed by atoms with Crippen molar-refractivity contribution in [1.82, 2.24) is 4.57 Å². The Morgan fingerprint density at radius 3 is 2.74 bits per heavy atom. The van der Waals surface area contributed by atoms with Gasteiger partial charge in [0, 0.05) is 23.6 Å². The fraction of sp³-hybridized carbons (Fsp3) is 0.357. The van der Waals surface area contributed by atoms with Crippen LogP contribution < -0.4 is 0 Å². The van der Waals surface area contributed by atoms with Crippen LogP contribution in [0.3, 0.4) is 0 Å². The summed E-state index contributed by atoms with van der Waals surface area (Å²) in [5, 5.41) is 11.3. The molecule has 5 heteroatoms. The molecule has 0 radical (unpaired) electrons. The van der Waals surface area contributed by atoms with Crippen molar-refractivity contribution in [3.63, 3.8) is 0 Å². The van der Waals surface area contributed by atoms with Crippen LogP contribution in [0.5, 0.6) is 0 Å². The Balaban J connectivity index is 2.23. The minimum atomic E-state index is -0.720. The van der Waals surface area contributed by atoms with E-state index in [9.17, 15) is 9.90 Å². The van der Waals surface area contributed by atoms with E-state index in [1.54, 1.807) is 0 Å². The van der Waals surface area contributed by atoms with Crippen molar-refractivity contribution >= 4 is 40.1 Å². The number of carbonyl (C=O) groups is 1. The van der Waals surface area contributed by atoms with Gasteiger partial charge in [-0.15, -0.1) is 0 Å². The second-order valence-electron chi connectivity index (χ2n) is 5.05. The Morgan fingerprint density at radius 1 is 1.37 bits per heavy atom. The summed E-state index contributed by atoms with van der Waals surface area (Å²) in [4.78, 5) is 11.2. The maximum absolute atomic E-state index is 11.2. The van der Waals surface area contributed by atoms with E-state index in [-0.39, 0.29) is 5.92 Å². The van der Waals surface area contributed by atoms with E-state index in [4.69, 9.17) is 23.2 Å². The molecule has 0 fully saturated rings. The van der Waals surface area contributed by atoms with Gasteiger partial charge in [0.2, 0.25) is 0 Å². The first-order chi connectivity index (χ1) is 8.99. The van der Waals surface area contributed by atoms with E-state index in [1.165, 1.54) is 5.69 Å². The summed E-state index contributed by atoms with van der Waals surface area (Å²) in [5.41, 5.74) is 3.32. The Morgan fingerprint density at radius 2 is 2.05 bits per heavy atom. The fourth-order valence-electron chi connectivity index (χ4n) is 2.98. The summed E-state index contributed by atoms with van der Waals surface area (Å²) >= 11 is 12.1. The predicted octanol–water partition coefficient (Wildman–Crippen LogP) is 3.67. The molecule has 1 heterocycles. The average Bonchev–Trinajstić information content (AvgIpc) is 2.64. The van der Waals surface area contributed by atoms with Crippen LogP contribution in [0.15, 0.2) is 12.1 Å². The van der Waals surface area contributed by atoms with Crippen LogP contribution in [0.4, 0.5) is 0 Å². The van der Waals surface area contributed by atoms with Gasteiger partial charge in [0.25, 0.3) is 0 Å². The maximum atomic E-state index is 11.2. The Labute approximate surface area is 120 Å². The molecule has 1 N–H and O–H groups in total. The zero-order valence-corrected chi connectivity index (χ0v) is 11.9. The lowest BCUT2D eigenvalue weighted by atomic mass is 9.86. The van der Waals surface area contributed by atoms with Gasteiger partial charge in [0.05, 0.1) is 16.0 Å². The van der Waals surface area contributed by atoms with Crippen LogP contribution >= 0.6 is 23.2 Å². The van der Waals surface area contributed by atoms with E-state index in [0.717, 1.165) is 22.9 Å². The lowest BCUT2D eigenvalue weighted by Crippen LogP contribution is -2.22. The molecule has 1 aromatic heterocycles. The zero-order valence-electron chi connectivity index (χ0n) is 10.4. The van der Waals surface area contributed by atoms with Gasteiger partial charge in [-0.3, -0.25) is 4.79 Å². The molecule has 1 aliphatic rings. The van der Waals surface area contributed by atoms with E-state index >= 15 is 0 Å². The largest absolute Gasteiger partial charge is 0.481 e. The number of hydrogen-bond acceptors (Lipinski definition) is 1. The highest BCUT2D eigenvalue weighted by Gasteiger charge is 2.28. The van der Waals surface area contributed by atoms with Crippen molar-refractivity contribution in [2.45, 2.75) is 19.3 Å². The lowest BCUT2D eigenvalue weighted by Gasteiger charge is -2.19. The molecular weight excluding hydrogens is 285 g/mol.